The molecule has 1 unspecified atom stereocenters. The van der Waals surface area contributed by atoms with Crippen LogP contribution in [0.4, 0.5) is 13.2 Å². The van der Waals surface area contributed by atoms with Gasteiger partial charge in [0.25, 0.3) is 0 Å². The number of rotatable bonds is 6. The molecule has 0 fully saturated rings. The van der Waals surface area contributed by atoms with Crippen LogP contribution in [0.25, 0.3) is 0 Å². The number of nitrogens with one attached hydrogen (secondary N) is 1. The molecule has 126 valence electrons. The molecule has 0 amide bonds. The molecular formula is C17H15F3N2O2. The standard InChI is InChI=1S/C17H15F3N2O2/c1-24-16-3-2-10(4-12(16)7-21)8-22-15(9-23)11-5-13(18)17(20)14(19)6-11/h2-6,15,22-23H,8-9H2,1H3. The molecule has 2 rings (SSSR count). The highest BCUT2D eigenvalue weighted by atomic mass is 19.2. The Labute approximate surface area is 137 Å². The minimum absolute atomic E-state index is 0.0860. The van der Waals surface area contributed by atoms with Crippen molar-refractivity contribution in [1.82, 2.24) is 5.32 Å². The highest BCUT2D eigenvalue weighted by molar-refractivity contribution is 5.45. The van der Waals surface area contributed by atoms with Crippen molar-refractivity contribution >= 4 is 0 Å². The van der Waals surface area contributed by atoms with Gasteiger partial charge in [0.1, 0.15) is 11.8 Å². The van der Waals surface area contributed by atoms with Crippen LogP contribution in [0.15, 0.2) is 30.3 Å². The molecule has 1 atom stereocenters. The molecule has 0 aliphatic rings. The highest BCUT2D eigenvalue weighted by Crippen LogP contribution is 2.21. The summed E-state index contributed by atoms with van der Waals surface area (Å²) in [5, 5.41) is 21.4. The van der Waals surface area contributed by atoms with Crippen molar-refractivity contribution in [2.45, 2.75) is 12.6 Å². The molecule has 0 saturated carbocycles. The highest BCUT2D eigenvalue weighted by Gasteiger charge is 2.17. The predicted octanol–water partition coefficient (Wildman–Crippen LogP) is 2.81. The van der Waals surface area contributed by atoms with E-state index in [4.69, 9.17) is 10.00 Å². The summed E-state index contributed by atoms with van der Waals surface area (Å²) in [6.45, 7) is -0.212. The normalized spacial score (nSPS) is 11.8. The number of ether oxygens (including phenoxy) is 1. The predicted molar refractivity (Wildman–Crippen MR) is 80.7 cm³/mol. The Morgan fingerprint density at radius 3 is 2.42 bits per heavy atom. The van der Waals surface area contributed by atoms with Crippen LogP contribution in [-0.4, -0.2) is 18.8 Å². The van der Waals surface area contributed by atoms with Crippen LogP contribution in [0, 0.1) is 28.8 Å². The molecule has 4 nitrogen and oxygen atoms in total. The Hall–Kier alpha value is -2.56. The maximum absolute atomic E-state index is 13.3. The first-order valence-electron chi connectivity index (χ1n) is 7.05. The van der Waals surface area contributed by atoms with E-state index in [0.717, 1.165) is 12.1 Å². The summed E-state index contributed by atoms with van der Waals surface area (Å²) in [5.74, 6) is -3.75. The molecule has 7 heteroatoms. The van der Waals surface area contributed by atoms with Crippen molar-refractivity contribution in [3.63, 3.8) is 0 Å². The van der Waals surface area contributed by atoms with Gasteiger partial charge in [-0.15, -0.1) is 0 Å². The van der Waals surface area contributed by atoms with Crippen LogP contribution in [0.5, 0.6) is 5.75 Å². The van der Waals surface area contributed by atoms with Crippen molar-refractivity contribution in [3.05, 3.63) is 64.5 Å². The smallest absolute Gasteiger partial charge is 0.194 e. The fourth-order valence-corrected chi connectivity index (χ4v) is 2.26. The molecule has 2 aromatic rings. The zero-order valence-corrected chi connectivity index (χ0v) is 12.8. The first-order valence-corrected chi connectivity index (χ1v) is 7.05. The second kappa shape index (κ2) is 7.81. The van der Waals surface area contributed by atoms with Gasteiger partial charge in [0, 0.05) is 6.54 Å². The summed E-state index contributed by atoms with van der Waals surface area (Å²) in [6.07, 6.45) is 0. The van der Waals surface area contributed by atoms with Crippen LogP contribution < -0.4 is 10.1 Å². The van der Waals surface area contributed by atoms with Crippen molar-refractivity contribution in [2.75, 3.05) is 13.7 Å². The van der Waals surface area contributed by atoms with Crippen molar-refractivity contribution in [3.8, 4) is 11.8 Å². The molecule has 0 aliphatic carbocycles. The van der Waals surface area contributed by atoms with Crippen LogP contribution in [0.3, 0.4) is 0 Å². The fourth-order valence-electron chi connectivity index (χ4n) is 2.26. The summed E-state index contributed by atoms with van der Waals surface area (Å²) in [6, 6.07) is 7.82. The quantitative estimate of drug-likeness (QED) is 0.796. The van der Waals surface area contributed by atoms with E-state index in [-0.39, 0.29) is 12.1 Å². The third-order valence-electron chi connectivity index (χ3n) is 3.53. The Balaban J connectivity index is 2.16. The molecule has 0 spiro atoms. The number of nitriles is 1. The Morgan fingerprint density at radius 1 is 1.21 bits per heavy atom. The summed E-state index contributed by atoms with van der Waals surface area (Å²) in [5.41, 5.74) is 1.15. The van der Waals surface area contributed by atoms with E-state index < -0.39 is 30.1 Å². The van der Waals surface area contributed by atoms with E-state index in [1.54, 1.807) is 18.2 Å². The first kappa shape index (κ1) is 17.8. The lowest BCUT2D eigenvalue weighted by Gasteiger charge is -2.17. The van der Waals surface area contributed by atoms with E-state index >= 15 is 0 Å². The molecule has 0 heterocycles. The largest absolute Gasteiger partial charge is 0.495 e. The van der Waals surface area contributed by atoms with Gasteiger partial charge in [0.15, 0.2) is 17.5 Å². The van der Waals surface area contributed by atoms with E-state index in [9.17, 15) is 18.3 Å². The SMILES string of the molecule is COc1ccc(CNC(CO)c2cc(F)c(F)c(F)c2)cc1C#N. The van der Waals surface area contributed by atoms with Gasteiger partial charge in [0.2, 0.25) is 0 Å². The lowest BCUT2D eigenvalue weighted by atomic mass is 10.1. The number of aliphatic hydroxyl groups excluding tert-OH is 1. The monoisotopic (exact) mass is 336 g/mol. The average Bonchev–Trinajstić information content (AvgIpc) is 2.59. The first-order chi connectivity index (χ1) is 11.5. The Bertz CT molecular complexity index is 752. The molecule has 0 bridgehead atoms. The van der Waals surface area contributed by atoms with Crippen LogP contribution >= 0.6 is 0 Å². The number of halogens is 3. The minimum atomic E-state index is -1.55. The third-order valence-corrected chi connectivity index (χ3v) is 3.53. The van der Waals surface area contributed by atoms with Gasteiger partial charge in [-0.2, -0.15) is 5.26 Å². The summed E-state index contributed by atoms with van der Waals surface area (Å²) in [4.78, 5) is 0. The number of hydrogen-bond acceptors (Lipinski definition) is 4. The number of nitrogens with zero attached hydrogens (tertiary/aromatic N) is 1. The van der Waals surface area contributed by atoms with Gasteiger partial charge in [-0.05, 0) is 35.4 Å². The number of hydrogen-bond donors (Lipinski definition) is 2. The Morgan fingerprint density at radius 2 is 1.88 bits per heavy atom. The summed E-state index contributed by atoms with van der Waals surface area (Å²) >= 11 is 0. The van der Waals surface area contributed by atoms with Gasteiger partial charge in [-0.1, -0.05) is 6.07 Å². The Kier molecular flexibility index (Phi) is 5.79. The van der Waals surface area contributed by atoms with Crippen molar-refractivity contribution in [1.29, 1.82) is 5.26 Å². The maximum Gasteiger partial charge on any atom is 0.194 e. The molecule has 0 aromatic heterocycles. The minimum Gasteiger partial charge on any atom is -0.495 e. The molecule has 0 radical (unpaired) electrons. The van der Waals surface area contributed by atoms with E-state index in [2.05, 4.69) is 5.32 Å². The maximum atomic E-state index is 13.3. The molecule has 0 saturated heterocycles. The molecular weight excluding hydrogens is 321 g/mol. The molecule has 2 N–H and O–H groups in total. The topological polar surface area (TPSA) is 65.3 Å². The van der Waals surface area contributed by atoms with Crippen LogP contribution in [-0.2, 0) is 6.54 Å². The van der Waals surface area contributed by atoms with Crippen molar-refractivity contribution < 1.29 is 23.0 Å². The summed E-state index contributed by atoms with van der Waals surface area (Å²) in [7, 11) is 1.45. The van der Waals surface area contributed by atoms with E-state index in [1.807, 2.05) is 6.07 Å². The second-order valence-electron chi connectivity index (χ2n) is 5.06. The second-order valence-corrected chi connectivity index (χ2v) is 5.06. The molecule has 0 aliphatic heterocycles. The van der Waals surface area contributed by atoms with Gasteiger partial charge in [-0.25, -0.2) is 13.2 Å². The third kappa shape index (κ3) is 3.85. The number of aliphatic hydroxyl groups is 1. The number of methoxy groups -OCH3 is 1. The van der Waals surface area contributed by atoms with E-state index in [0.29, 0.717) is 16.9 Å². The van der Waals surface area contributed by atoms with Crippen molar-refractivity contribution in [2.24, 2.45) is 0 Å². The molecule has 2 aromatic carbocycles. The lowest BCUT2D eigenvalue weighted by Crippen LogP contribution is -2.24. The zero-order valence-electron chi connectivity index (χ0n) is 12.8. The van der Waals surface area contributed by atoms with Crippen LogP contribution in [0.1, 0.15) is 22.7 Å². The fraction of sp³-hybridized carbons (Fsp3) is 0.235. The van der Waals surface area contributed by atoms with Gasteiger partial charge in [-0.3, -0.25) is 0 Å². The zero-order chi connectivity index (χ0) is 17.7. The van der Waals surface area contributed by atoms with Gasteiger partial charge in [0.05, 0.1) is 25.3 Å². The lowest BCUT2D eigenvalue weighted by molar-refractivity contribution is 0.242. The molecule has 24 heavy (non-hydrogen) atoms. The average molecular weight is 336 g/mol. The van der Waals surface area contributed by atoms with Gasteiger partial charge < -0.3 is 15.2 Å². The number of benzene rings is 2. The van der Waals surface area contributed by atoms with Crippen LogP contribution in [0.2, 0.25) is 0 Å². The van der Waals surface area contributed by atoms with Gasteiger partial charge >= 0.3 is 0 Å². The van der Waals surface area contributed by atoms with E-state index in [1.165, 1.54) is 7.11 Å². The summed E-state index contributed by atoms with van der Waals surface area (Å²) < 4.78 is 44.7.